The van der Waals surface area contributed by atoms with Crippen molar-refractivity contribution >= 4 is 17.3 Å². The number of hydrogen-bond acceptors (Lipinski definition) is 2. The maximum absolute atomic E-state index is 13.6. The minimum absolute atomic E-state index is 0.0466. The highest BCUT2D eigenvalue weighted by Crippen LogP contribution is 2.36. The fourth-order valence-electron chi connectivity index (χ4n) is 3.14. The van der Waals surface area contributed by atoms with E-state index in [1.165, 1.54) is 11.6 Å². The van der Waals surface area contributed by atoms with E-state index < -0.39 is 0 Å². The van der Waals surface area contributed by atoms with Crippen molar-refractivity contribution in [1.82, 2.24) is 0 Å². The molecule has 0 saturated carbocycles. The third kappa shape index (κ3) is 2.63. The van der Waals surface area contributed by atoms with E-state index in [9.17, 15) is 4.39 Å². The zero-order valence-electron chi connectivity index (χ0n) is 11.9. The Balaban J connectivity index is 2.01. The molecule has 0 aliphatic carbocycles. The fraction of sp³-hybridized carbons (Fsp3) is 0.294. The molecule has 2 N–H and O–H groups in total. The third-order valence-electron chi connectivity index (χ3n) is 4.17. The van der Waals surface area contributed by atoms with Crippen LogP contribution in [0.25, 0.3) is 0 Å². The molecule has 1 aliphatic heterocycles. The van der Waals surface area contributed by atoms with Crippen molar-refractivity contribution in [2.75, 3.05) is 18.0 Å². The Bertz CT molecular complexity index is 672. The van der Waals surface area contributed by atoms with Crippen LogP contribution in [0.4, 0.5) is 10.1 Å². The van der Waals surface area contributed by atoms with Crippen molar-refractivity contribution in [3.8, 4) is 0 Å². The number of hydrogen-bond donors (Lipinski definition) is 1. The predicted octanol–water partition coefficient (Wildman–Crippen LogP) is 3.85. The average molecular weight is 305 g/mol. The van der Waals surface area contributed by atoms with Gasteiger partial charge in [-0.1, -0.05) is 23.7 Å². The van der Waals surface area contributed by atoms with Crippen LogP contribution in [0.15, 0.2) is 36.4 Å². The van der Waals surface area contributed by atoms with Gasteiger partial charge in [-0.2, -0.15) is 0 Å². The van der Waals surface area contributed by atoms with Gasteiger partial charge in [-0.3, -0.25) is 0 Å². The molecule has 0 saturated heterocycles. The van der Waals surface area contributed by atoms with E-state index in [0.29, 0.717) is 6.54 Å². The number of halogens is 2. The molecule has 21 heavy (non-hydrogen) atoms. The Hall–Kier alpha value is -1.58. The van der Waals surface area contributed by atoms with Crippen LogP contribution in [0.1, 0.15) is 22.7 Å². The first-order chi connectivity index (χ1) is 10.1. The van der Waals surface area contributed by atoms with Crippen molar-refractivity contribution in [2.24, 2.45) is 5.73 Å². The summed E-state index contributed by atoms with van der Waals surface area (Å²) in [6.07, 6.45) is 0.929. The van der Waals surface area contributed by atoms with Gasteiger partial charge in [0.15, 0.2) is 0 Å². The second-order valence-electron chi connectivity index (χ2n) is 5.47. The Morgan fingerprint density at radius 2 is 2.10 bits per heavy atom. The second-order valence-corrected chi connectivity index (χ2v) is 5.91. The monoisotopic (exact) mass is 304 g/mol. The summed E-state index contributed by atoms with van der Waals surface area (Å²) in [4.78, 5) is 2.20. The smallest absolute Gasteiger partial charge is 0.125 e. The molecule has 0 spiro atoms. The second kappa shape index (κ2) is 5.66. The van der Waals surface area contributed by atoms with Crippen LogP contribution in [0, 0.1) is 12.7 Å². The SMILES string of the molecule is Cc1cc(Cl)ccc1C(CN)N1CCc2ccc(F)cc21. The Kier molecular flexibility index (Phi) is 3.87. The zero-order chi connectivity index (χ0) is 15.0. The van der Waals surface area contributed by atoms with Crippen molar-refractivity contribution in [3.05, 3.63) is 63.9 Å². The van der Waals surface area contributed by atoms with Crippen LogP contribution >= 0.6 is 11.6 Å². The van der Waals surface area contributed by atoms with Crippen molar-refractivity contribution < 1.29 is 4.39 Å². The molecule has 1 heterocycles. The molecule has 1 aliphatic rings. The van der Waals surface area contributed by atoms with Gasteiger partial charge in [0.1, 0.15) is 5.82 Å². The van der Waals surface area contributed by atoms with Gasteiger partial charge in [0.2, 0.25) is 0 Å². The highest BCUT2D eigenvalue weighted by atomic mass is 35.5. The van der Waals surface area contributed by atoms with E-state index in [0.717, 1.165) is 34.8 Å². The maximum atomic E-state index is 13.6. The molecule has 4 heteroatoms. The average Bonchev–Trinajstić information content (AvgIpc) is 2.85. The normalized spacial score (nSPS) is 15.1. The molecule has 1 atom stereocenters. The lowest BCUT2D eigenvalue weighted by Crippen LogP contribution is -2.33. The number of nitrogens with two attached hydrogens (primary N) is 1. The van der Waals surface area contributed by atoms with E-state index >= 15 is 0 Å². The third-order valence-corrected chi connectivity index (χ3v) is 4.40. The Labute approximate surface area is 129 Å². The van der Waals surface area contributed by atoms with Gasteiger partial charge in [-0.25, -0.2) is 4.39 Å². The lowest BCUT2D eigenvalue weighted by molar-refractivity contribution is 0.621. The molecular formula is C17H18ClFN2. The van der Waals surface area contributed by atoms with Gasteiger partial charge in [-0.05, 0) is 54.3 Å². The van der Waals surface area contributed by atoms with Crippen molar-refractivity contribution in [1.29, 1.82) is 0 Å². The molecule has 2 aromatic carbocycles. The molecule has 0 radical (unpaired) electrons. The highest BCUT2D eigenvalue weighted by Gasteiger charge is 2.27. The van der Waals surface area contributed by atoms with E-state index in [1.54, 1.807) is 6.07 Å². The summed E-state index contributed by atoms with van der Waals surface area (Å²) >= 11 is 6.03. The van der Waals surface area contributed by atoms with Gasteiger partial charge in [-0.15, -0.1) is 0 Å². The van der Waals surface area contributed by atoms with Gasteiger partial charge < -0.3 is 10.6 Å². The topological polar surface area (TPSA) is 29.3 Å². The number of benzene rings is 2. The first-order valence-electron chi connectivity index (χ1n) is 7.11. The minimum atomic E-state index is -0.204. The number of anilines is 1. The molecule has 0 bridgehead atoms. The van der Waals surface area contributed by atoms with E-state index in [-0.39, 0.29) is 11.9 Å². The summed E-state index contributed by atoms with van der Waals surface area (Å²) in [6, 6.07) is 10.9. The van der Waals surface area contributed by atoms with Crippen LogP contribution in [0.5, 0.6) is 0 Å². The Morgan fingerprint density at radius 1 is 1.29 bits per heavy atom. The quantitative estimate of drug-likeness (QED) is 0.933. The maximum Gasteiger partial charge on any atom is 0.125 e. The first kappa shape index (κ1) is 14.4. The van der Waals surface area contributed by atoms with Gasteiger partial charge in [0, 0.05) is 23.8 Å². The first-order valence-corrected chi connectivity index (χ1v) is 7.49. The molecule has 0 aromatic heterocycles. The zero-order valence-corrected chi connectivity index (χ0v) is 12.7. The number of fused-ring (bicyclic) bond motifs is 1. The van der Waals surface area contributed by atoms with Crippen LogP contribution in [0.3, 0.4) is 0 Å². The number of rotatable bonds is 3. The number of aryl methyl sites for hydroxylation is 1. The number of nitrogens with zero attached hydrogens (tertiary/aromatic N) is 1. The summed E-state index contributed by atoms with van der Waals surface area (Å²) in [6.45, 7) is 3.38. The largest absolute Gasteiger partial charge is 0.363 e. The van der Waals surface area contributed by atoms with Crippen molar-refractivity contribution in [2.45, 2.75) is 19.4 Å². The van der Waals surface area contributed by atoms with Gasteiger partial charge >= 0.3 is 0 Å². The molecule has 0 fully saturated rings. The molecule has 2 aromatic rings. The predicted molar refractivity (Wildman–Crippen MR) is 85.4 cm³/mol. The standard InChI is InChI=1S/C17H18ClFN2/c1-11-8-13(18)3-5-15(11)17(10-20)21-7-6-12-2-4-14(19)9-16(12)21/h2-5,8-9,17H,6-7,10,20H2,1H3. The lowest BCUT2D eigenvalue weighted by Gasteiger charge is -2.31. The highest BCUT2D eigenvalue weighted by molar-refractivity contribution is 6.30. The van der Waals surface area contributed by atoms with Crippen LogP contribution in [-0.2, 0) is 6.42 Å². The summed E-state index contributed by atoms with van der Waals surface area (Å²) in [5.41, 5.74) is 10.4. The van der Waals surface area contributed by atoms with Crippen LogP contribution in [0.2, 0.25) is 5.02 Å². The van der Waals surface area contributed by atoms with E-state index in [2.05, 4.69) is 4.90 Å². The summed E-state index contributed by atoms with van der Waals surface area (Å²) in [5.74, 6) is -0.204. The molecule has 3 rings (SSSR count). The molecule has 110 valence electrons. The van der Waals surface area contributed by atoms with Gasteiger partial charge in [0.05, 0.1) is 6.04 Å². The van der Waals surface area contributed by atoms with Crippen molar-refractivity contribution in [3.63, 3.8) is 0 Å². The molecule has 0 amide bonds. The fourth-order valence-corrected chi connectivity index (χ4v) is 3.36. The summed E-state index contributed by atoms with van der Waals surface area (Å²) in [7, 11) is 0. The van der Waals surface area contributed by atoms with E-state index in [1.807, 2.05) is 31.2 Å². The minimum Gasteiger partial charge on any atom is -0.363 e. The van der Waals surface area contributed by atoms with Gasteiger partial charge in [0.25, 0.3) is 0 Å². The molecular weight excluding hydrogens is 287 g/mol. The van der Waals surface area contributed by atoms with Crippen LogP contribution < -0.4 is 10.6 Å². The van der Waals surface area contributed by atoms with Crippen LogP contribution in [-0.4, -0.2) is 13.1 Å². The van der Waals surface area contributed by atoms with E-state index in [4.69, 9.17) is 17.3 Å². The summed E-state index contributed by atoms with van der Waals surface area (Å²) < 4.78 is 13.6. The molecule has 2 nitrogen and oxygen atoms in total. The lowest BCUT2D eigenvalue weighted by atomic mass is 10.00. The molecule has 1 unspecified atom stereocenters. The summed E-state index contributed by atoms with van der Waals surface area (Å²) in [5, 5.41) is 0.722. The Morgan fingerprint density at radius 3 is 2.81 bits per heavy atom.